The Morgan fingerprint density at radius 1 is 0.833 bits per heavy atom. The Kier molecular flexibility index (Phi) is 8.06. The molecule has 3 nitrogen and oxygen atoms in total. The lowest BCUT2D eigenvalue weighted by molar-refractivity contribution is -0.179. The molecule has 0 aliphatic carbocycles. The van der Waals surface area contributed by atoms with Crippen LogP contribution >= 0.6 is 0 Å². The van der Waals surface area contributed by atoms with E-state index in [-0.39, 0.29) is 5.41 Å². The van der Waals surface area contributed by atoms with Gasteiger partial charge in [0.15, 0.2) is 0 Å². The monoisotopic (exact) mass is 336 g/mol. The quantitative estimate of drug-likeness (QED) is 0.354. The molecule has 140 valence electrons. The highest BCUT2D eigenvalue weighted by Gasteiger charge is 2.58. The van der Waals surface area contributed by atoms with Gasteiger partial charge in [-0.25, -0.2) is 0 Å². The zero-order valence-corrected chi connectivity index (χ0v) is 16.5. The van der Waals surface area contributed by atoms with Gasteiger partial charge in [-0.2, -0.15) is 0 Å². The second kappa shape index (κ2) is 9.79. The van der Waals surface area contributed by atoms with Crippen molar-refractivity contribution < 1.29 is 4.79 Å². The molecule has 0 aromatic carbocycles. The fourth-order valence-corrected chi connectivity index (χ4v) is 4.61. The topological polar surface area (TPSA) is 23.6 Å². The Balaban J connectivity index is 1.70. The highest BCUT2D eigenvalue weighted by molar-refractivity contribution is 5.90. The van der Waals surface area contributed by atoms with Gasteiger partial charge in [-0.15, -0.1) is 0 Å². The van der Waals surface area contributed by atoms with Crippen LogP contribution in [0.5, 0.6) is 0 Å². The number of nitrogens with zero attached hydrogens (tertiary/aromatic N) is 2. The van der Waals surface area contributed by atoms with Gasteiger partial charge in [-0.05, 0) is 12.8 Å². The molecule has 2 aliphatic rings. The third kappa shape index (κ3) is 4.97. The Morgan fingerprint density at radius 2 is 1.33 bits per heavy atom. The van der Waals surface area contributed by atoms with E-state index in [2.05, 4.69) is 18.7 Å². The molecule has 0 atom stereocenters. The number of rotatable bonds is 13. The van der Waals surface area contributed by atoms with Crippen molar-refractivity contribution in [2.24, 2.45) is 5.41 Å². The van der Waals surface area contributed by atoms with Crippen molar-refractivity contribution in [3.63, 3.8) is 0 Å². The van der Waals surface area contributed by atoms with Crippen molar-refractivity contribution in [3.8, 4) is 0 Å². The number of amides is 1. The summed E-state index contributed by atoms with van der Waals surface area (Å²) in [5.41, 5.74) is 0.0252. The standard InChI is InChI=1S/C21H40N2O/c1-4-6-8-10-12-14-19(15-13-11-9-7-5-2)23-17-21(18-23)16-22(3)20(21)24/h19H,4-18H2,1-3H3. The van der Waals surface area contributed by atoms with Crippen molar-refractivity contribution in [1.29, 1.82) is 0 Å². The van der Waals surface area contributed by atoms with Crippen LogP contribution in [0.1, 0.15) is 90.9 Å². The number of carbonyl (C=O) groups excluding carboxylic acids is 1. The van der Waals surface area contributed by atoms with Gasteiger partial charge in [0.2, 0.25) is 5.91 Å². The fourth-order valence-electron chi connectivity index (χ4n) is 4.61. The van der Waals surface area contributed by atoms with Crippen LogP contribution < -0.4 is 0 Å². The van der Waals surface area contributed by atoms with Gasteiger partial charge in [-0.1, -0.05) is 78.1 Å². The van der Waals surface area contributed by atoms with Crippen molar-refractivity contribution in [1.82, 2.24) is 9.80 Å². The predicted octanol–water partition coefficient (Wildman–Crippen LogP) is 4.85. The smallest absolute Gasteiger partial charge is 0.232 e. The molecule has 1 amide bonds. The van der Waals surface area contributed by atoms with Crippen LogP contribution in [0.3, 0.4) is 0 Å². The van der Waals surface area contributed by atoms with Gasteiger partial charge in [0, 0.05) is 32.7 Å². The van der Waals surface area contributed by atoms with E-state index in [0.29, 0.717) is 5.91 Å². The first-order chi connectivity index (χ1) is 11.6. The zero-order valence-electron chi connectivity index (χ0n) is 16.5. The molecule has 2 fully saturated rings. The molecule has 0 saturated carbocycles. The van der Waals surface area contributed by atoms with E-state index < -0.39 is 0 Å². The number of carbonyl (C=O) groups is 1. The Morgan fingerprint density at radius 3 is 1.75 bits per heavy atom. The van der Waals surface area contributed by atoms with Gasteiger partial charge in [0.25, 0.3) is 0 Å². The largest absolute Gasteiger partial charge is 0.344 e. The summed E-state index contributed by atoms with van der Waals surface area (Å²) in [7, 11) is 1.94. The number of hydrogen-bond donors (Lipinski definition) is 0. The lowest BCUT2D eigenvalue weighted by atomic mass is 9.71. The lowest BCUT2D eigenvalue weighted by Crippen LogP contribution is -2.75. The summed E-state index contributed by atoms with van der Waals surface area (Å²) in [4.78, 5) is 16.6. The molecule has 0 radical (unpaired) electrons. The maximum Gasteiger partial charge on any atom is 0.232 e. The fraction of sp³-hybridized carbons (Fsp3) is 0.952. The summed E-state index contributed by atoms with van der Waals surface area (Å²) < 4.78 is 0. The number of unbranched alkanes of at least 4 members (excludes halogenated alkanes) is 8. The number of β-lactam (4-membered cyclic amide) rings is 1. The lowest BCUT2D eigenvalue weighted by Gasteiger charge is -2.59. The SMILES string of the molecule is CCCCCCCC(CCCCCCC)N1CC2(CN(C)C2=O)C1. The van der Waals surface area contributed by atoms with Crippen LogP contribution in [-0.2, 0) is 4.79 Å². The molecule has 0 aromatic rings. The first-order valence-corrected chi connectivity index (χ1v) is 10.6. The van der Waals surface area contributed by atoms with Crippen LogP contribution in [0, 0.1) is 5.41 Å². The van der Waals surface area contributed by atoms with Gasteiger partial charge in [0.1, 0.15) is 0 Å². The van der Waals surface area contributed by atoms with Gasteiger partial charge < -0.3 is 4.90 Å². The highest BCUT2D eigenvalue weighted by atomic mass is 16.2. The maximum absolute atomic E-state index is 12.1. The van der Waals surface area contributed by atoms with Crippen molar-refractivity contribution in [3.05, 3.63) is 0 Å². The van der Waals surface area contributed by atoms with E-state index in [1.807, 2.05) is 11.9 Å². The molecule has 2 saturated heterocycles. The third-order valence-corrected chi connectivity index (χ3v) is 6.15. The van der Waals surface area contributed by atoms with E-state index in [1.165, 1.54) is 77.0 Å². The summed E-state index contributed by atoms with van der Waals surface area (Å²) in [5.74, 6) is 0.392. The van der Waals surface area contributed by atoms with E-state index >= 15 is 0 Å². The normalized spacial score (nSPS) is 19.8. The van der Waals surface area contributed by atoms with Crippen molar-refractivity contribution in [2.45, 2.75) is 96.9 Å². The molecule has 0 unspecified atom stereocenters. The molecule has 24 heavy (non-hydrogen) atoms. The average molecular weight is 337 g/mol. The maximum atomic E-state index is 12.1. The Bertz CT molecular complexity index is 362. The van der Waals surface area contributed by atoms with Crippen molar-refractivity contribution >= 4 is 5.91 Å². The summed E-state index contributed by atoms with van der Waals surface area (Å²) in [5, 5.41) is 0. The van der Waals surface area contributed by atoms with Gasteiger partial charge in [0.05, 0.1) is 5.41 Å². The van der Waals surface area contributed by atoms with E-state index in [0.717, 1.165) is 25.7 Å². The first kappa shape index (κ1) is 19.8. The van der Waals surface area contributed by atoms with Crippen LogP contribution in [0.4, 0.5) is 0 Å². The molecule has 1 spiro atoms. The van der Waals surface area contributed by atoms with Gasteiger partial charge >= 0.3 is 0 Å². The highest BCUT2D eigenvalue weighted by Crippen LogP contribution is 2.42. The summed E-state index contributed by atoms with van der Waals surface area (Å²) in [6.07, 6.45) is 16.4. The summed E-state index contributed by atoms with van der Waals surface area (Å²) in [6.45, 7) is 7.62. The molecule has 0 bridgehead atoms. The average Bonchev–Trinajstić information content (AvgIpc) is 2.55. The molecule has 3 heteroatoms. The number of hydrogen-bond acceptors (Lipinski definition) is 2. The van der Waals surface area contributed by atoms with Crippen LogP contribution in [-0.4, -0.2) is 48.4 Å². The van der Waals surface area contributed by atoms with Crippen molar-refractivity contribution in [2.75, 3.05) is 26.7 Å². The second-order valence-corrected chi connectivity index (χ2v) is 8.41. The third-order valence-electron chi connectivity index (χ3n) is 6.15. The van der Waals surface area contributed by atoms with E-state index in [4.69, 9.17) is 0 Å². The Hall–Kier alpha value is -0.570. The molecular weight excluding hydrogens is 296 g/mol. The first-order valence-electron chi connectivity index (χ1n) is 10.6. The molecule has 0 N–H and O–H groups in total. The van der Waals surface area contributed by atoms with Crippen LogP contribution in [0.15, 0.2) is 0 Å². The second-order valence-electron chi connectivity index (χ2n) is 8.41. The molecule has 2 heterocycles. The Labute approximate surface area is 150 Å². The van der Waals surface area contributed by atoms with Crippen LogP contribution in [0.2, 0.25) is 0 Å². The zero-order chi connectivity index (χ0) is 17.4. The molecule has 2 rings (SSSR count). The van der Waals surface area contributed by atoms with Gasteiger partial charge in [-0.3, -0.25) is 9.69 Å². The minimum absolute atomic E-state index is 0.0252. The molecule has 0 aromatic heterocycles. The summed E-state index contributed by atoms with van der Waals surface area (Å²) in [6, 6.07) is 0.734. The minimum Gasteiger partial charge on any atom is -0.344 e. The van der Waals surface area contributed by atoms with E-state index in [1.54, 1.807) is 0 Å². The molecule has 2 aliphatic heterocycles. The number of likely N-dealkylation sites (tertiary alicyclic amines) is 2. The predicted molar refractivity (Wildman–Crippen MR) is 102 cm³/mol. The minimum atomic E-state index is 0.0252. The molecular formula is C21H40N2O. The van der Waals surface area contributed by atoms with Crippen LogP contribution in [0.25, 0.3) is 0 Å². The van der Waals surface area contributed by atoms with E-state index in [9.17, 15) is 4.79 Å². The summed E-state index contributed by atoms with van der Waals surface area (Å²) >= 11 is 0.